The molecule has 1 aromatic rings. The highest BCUT2D eigenvalue weighted by Gasteiger charge is 2.25. The normalized spacial score (nSPS) is 13.2. The lowest BCUT2D eigenvalue weighted by Gasteiger charge is -2.12. The van der Waals surface area contributed by atoms with Gasteiger partial charge in [0.25, 0.3) is 10.0 Å². The molecule has 0 saturated carbocycles. The van der Waals surface area contributed by atoms with Crippen molar-refractivity contribution in [1.82, 2.24) is 4.72 Å². The van der Waals surface area contributed by atoms with Crippen molar-refractivity contribution in [3.8, 4) is 0 Å². The van der Waals surface area contributed by atoms with Crippen molar-refractivity contribution in [1.29, 1.82) is 0 Å². The highest BCUT2D eigenvalue weighted by atomic mass is 32.2. The number of nitrogens with zero attached hydrogens (tertiary/aromatic N) is 1. The summed E-state index contributed by atoms with van der Waals surface area (Å²) in [6.45, 7) is 3.90. The zero-order valence-corrected chi connectivity index (χ0v) is 13.8. The molecule has 120 valence electrons. The van der Waals surface area contributed by atoms with Gasteiger partial charge in [0.05, 0.1) is 4.92 Å². The molecule has 0 spiro atoms. The number of hydrogen-bond acceptors (Lipinski definition) is 6. The summed E-state index contributed by atoms with van der Waals surface area (Å²) in [6, 6.07) is 0.792. The van der Waals surface area contributed by atoms with Crippen LogP contribution in [-0.2, 0) is 10.0 Å². The molecule has 0 amide bonds. The molecule has 0 aliphatic carbocycles. The maximum atomic E-state index is 12.1. The second-order valence-corrected chi connectivity index (χ2v) is 7.97. The number of rotatable bonds is 9. The van der Waals surface area contributed by atoms with E-state index in [-0.39, 0.29) is 20.9 Å². The lowest BCUT2D eigenvalue weighted by molar-refractivity contribution is -0.383. The van der Waals surface area contributed by atoms with E-state index in [4.69, 9.17) is 5.73 Å². The first kappa shape index (κ1) is 17.9. The lowest BCUT2D eigenvalue weighted by Crippen LogP contribution is -2.32. The summed E-state index contributed by atoms with van der Waals surface area (Å²) >= 11 is 0.709. The monoisotopic (exact) mass is 335 g/mol. The smallest absolute Gasteiger partial charge is 0.304 e. The van der Waals surface area contributed by atoms with Crippen molar-refractivity contribution < 1.29 is 13.3 Å². The fraction of sp³-hybridized carbons (Fsp3) is 0.667. The zero-order valence-electron chi connectivity index (χ0n) is 12.2. The van der Waals surface area contributed by atoms with Gasteiger partial charge in [-0.05, 0) is 13.3 Å². The first-order chi connectivity index (χ1) is 9.77. The fourth-order valence-electron chi connectivity index (χ4n) is 1.91. The number of unbranched alkanes of at least 4 members (excludes halogenated alkanes) is 3. The molecule has 0 bridgehead atoms. The van der Waals surface area contributed by atoms with Gasteiger partial charge in [0, 0.05) is 12.1 Å². The lowest BCUT2D eigenvalue weighted by atomic mass is 10.1. The van der Waals surface area contributed by atoms with Crippen molar-refractivity contribution in [3.05, 3.63) is 16.2 Å². The van der Waals surface area contributed by atoms with Crippen LogP contribution in [-0.4, -0.2) is 19.4 Å². The topological polar surface area (TPSA) is 115 Å². The Morgan fingerprint density at radius 2 is 2.10 bits per heavy atom. The molecule has 21 heavy (non-hydrogen) atoms. The summed E-state index contributed by atoms with van der Waals surface area (Å²) in [5, 5.41) is 10.6. The molecule has 7 nitrogen and oxygen atoms in total. The fourth-order valence-corrected chi connectivity index (χ4v) is 4.42. The summed E-state index contributed by atoms with van der Waals surface area (Å²) in [5.41, 5.74) is 5.10. The van der Waals surface area contributed by atoms with E-state index >= 15 is 0 Å². The zero-order chi connectivity index (χ0) is 16.0. The number of nitro groups is 1. The summed E-state index contributed by atoms with van der Waals surface area (Å²) in [5.74, 6) is 0. The van der Waals surface area contributed by atoms with Crippen LogP contribution < -0.4 is 10.5 Å². The number of nitrogen functional groups attached to an aromatic ring is 1. The van der Waals surface area contributed by atoms with Gasteiger partial charge in [-0.1, -0.05) is 43.9 Å². The highest BCUT2D eigenvalue weighted by Crippen LogP contribution is 2.34. The number of nitrogens with two attached hydrogens (primary N) is 1. The van der Waals surface area contributed by atoms with Gasteiger partial charge < -0.3 is 5.73 Å². The first-order valence-electron chi connectivity index (χ1n) is 6.84. The minimum atomic E-state index is -3.75. The largest absolute Gasteiger partial charge is 0.385 e. The van der Waals surface area contributed by atoms with Gasteiger partial charge in [0.1, 0.15) is 4.21 Å². The number of hydrogen-bond donors (Lipinski definition) is 2. The molecule has 0 aliphatic rings. The molecule has 9 heteroatoms. The molecule has 0 aromatic carbocycles. The Bertz CT molecular complexity index is 583. The van der Waals surface area contributed by atoms with Crippen molar-refractivity contribution in [2.45, 2.75) is 56.2 Å². The second-order valence-electron chi connectivity index (χ2n) is 4.94. The maximum Gasteiger partial charge on any atom is 0.304 e. The standard InChI is InChI=1S/C12H21N3O4S2/c1-3-4-5-6-7-9(2)14-21(18,19)11-8-10(15(16)17)12(13)20-11/h8-9,14H,3-7,13H2,1-2H3. The van der Waals surface area contributed by atoms with E-state index in [1.807, 2.05) is 0 Å². The summed E-state index contributed by atoms with van der Waals surface area (Å²) in [6.07, 6.45) is 5.01. The first-order valence-corrected chi connectivity index (χ1v) is 9.14. The second kappa shape index (κ2) is 7.71. The van der Waals surface area contributed by atoms with Crippen LogP contribution in [0.3, 0.4) is 0 Å². The van der Waals surface area contributed by atoms with Crippen LogP contribution >= 0.6 is 11.3 Å². The third kappa shape index (κ3) is 5.25. The molecule has 0 saturated heterocycles. The van der Waals surface area contributed by atoms with Gasteiger partial charge in [-0.25, -0.2) is 13.1 Å². The van der Waals surface area contributed by atoms with Crippen molar-refractivity contribution >= 4 is 32.0 Å². The Morgan fingerprint density at radius 3 is 2.62 bits per heavy atom. The Kier molecular flexibility index (Phi) is 6.56. The van der Waals surface area contributed by atoms with E-state index in [1.54, 1.807) is 6.92 Å². The SMILES string of the molecule is CCCCCCC(C)NS(=O)(=O)c1cc([N+](=O)[O-])c(N)s1. The number of thiophene rings is 1. The molecular formula is C12H21N3O4S2. The molecular weight excluding hydrogens is 314 g/mol. The van der Waals surface area contributed by atoms with Crippen molar-refractivity contribution in [2.24, 2.45) is 0 Å². The van der Waals surface area contributed by atoms with Crippen LogP contribution in [0.15, 0.2) is 10.3 Å². The van der Waals surface area contributed by atoms with Gasteiger partial charge in [-0.3, -0.25) is 10.1 Å². The van der Waals surface area contributed by atoms with E-state index in [2.05, 4.69) is 11.6 Å². The molecule has 0 aliphatic heterocycles. The number of nitrogens with one attached hydrogen (secondary N) is 1. The van der Waals surface area contributed by atoms with Crippen LogP contribution in [0.2, 0.25) is 0 Å². The van der Waals surface area contributed by atoms with Crippen LogP contribution in [0.1, 0.15) is 46.0 Å². The van der Waals surface area contributed by atoms with Gasteiger partial charge in [-0.15, -0.1) is 0 Å². The summed E-state index contributed by atoms with van der Waals surface area (Å²) in [4.78, 5) is 10.0. The molecule has 1 aromatic heterocycles. The number of anilines is 1. The summed E-state index contributed by atoms with van der Waals surface area (Å²) < 4.78 is 26.7. The average molecular weight is 335 g/mol. The Morgan fingerprint density at radius 1 is 1.43 bits per heavy atom. The van der Waals surface area contributed by atoms with E-state index < -0.39 is 14.9 Å². The average Bonchev–Trinajstić information content (AvgIpc) is 2.77. The van der Waals surface area contributed by atoms with Crippen LogP contribution in [0.5, 0.6) is 0 Å². The number of sulfonamides is 1. The Labute approximate surface area is 128 Å². The predicted octanol–water partition coefficient (Wildman–Crippen LogP) is 2.88. The third-order valence-electron chi connectivity index (χ3n) is 3.03. The molecule has 0 radical (unpaired) electrons. The van der Waals surface area contributed by atoms with Gasteiger partial charge in [0.15, 0.2) is 5.00 Å². The Hall–Kier alpha value is -1.19. The molecule has 1 rings (SSSR count). The Balaban J connectivity index is 2.68. The van der Waals surface area contributed by atoms with Crippen molar-refractivity contribution in [2.75, 3.05) is 5.73 Å². The van der Waals surface area contributed by atoms with Gasteiger partial charge >= 0.3 is 5.69 Å². The van der Waals surface area contributed by atoms with E-state index in [9.17, 15) is 18.5 Å². The molecule has 1 unspecified atom stereocenters. The highest BCUT2D eigenvalue weighted by molar-refractivity contribution is 7.91. The van der Waals surface area contributed by atoms with Crippen LogP contribution in [0.4, 0.5) is 10.7 Å². The van der Waals surface area contributed by atoms with E-state index in [1.165, 1.54) is 0 Å². The third-order valence-corrected chi connectivity index (χ3v) is 6.04. The van der Waals surface area contributed by atoms with E-state index in [0.29, 0.717) is 11.3 Å². The molecule has 3 N–H and O–H groups in total. The predicted molar refractivity (Wildman–Crippen MR) is 83.9 cm³/mol. The maximum absolute atomic E-state index is 12.1. The minimum absolute atomic E-state index is 0.101. The van der Waals surface area contributed by atoms with Gasteiger partial charge in [-0.2, -0.15) is 0 Å². The van der Waals surface area contributed by atoms with Crippen LogP contribution in [0, 0.1) is 10.1 Å². The van der Waals surface area contributed by atoms with Crippen LogP contribution in [0.25, 0.3) is 0 Å². The minimum Gasteiger partial charge on any atom is -0.385 e. The molecule has 1 atom stereocenters. The summed E-state index contributed by atoms with van der Waals surface area (Å²) in [7, 11) is -3.75. The molecule has 0 fully saturated rings. The quantitative estimate of drug-likeness (QED) is 0.409. The van der Waals surface area contributed by atoms with Gasteiger partial charge in [0.2, 0.25) is 0 Å². The van der Waals surface area contributed by atoms with Crippen molar-refractivity contribution in [3.63, 3.8) is 0 Å². The van der Waals surface area contributed by atoms with E-state index in [0.717, 1.165) is 38.2 Å². The molecule has 1 heterocycles.